The fourth-order valence-corrected chi connectivity index (χ4v) is 3.16. The highest BCUT2D eigenvalue weighted by Crippen LogP contribution is 2.29. The molecule has 2 rings (SSSR count). The van der Waals surface area contributed by atoms with E-state index in [1.54, 1.807) is 0 Å². The second-order valence-corrected chi connectivity index (χ2v) is 7.19. The minimum absolute atomic E-state index is 0.157. The van der Waals surface area contributed by atoms with E-state index in [2.05, 4.69) is 49.8 Å². The number of pyridine rings is 1. The van der Waals surface area contributed by atoms with Crippen molar-refractivity contribution in [3.63, 3.8) is 0 Å². The van der Waals surface area contributed by atoms with E-state index in [1.807, 2.05) is 6.20 Å². The second kappa shape index (κ2) is 5.70. The van der Waals surface area contributed by atoms with E-state index in [0.29, 0.717) is 6.04 Å². The zero-order valence-electron chi connectivity index (χ0n) is 12.5. The number of hydrogen-bond acceptors (Lipinski definition) is 2. The molecule has 1 aliphatic carbocycles. The van der Waals surface area contributed by atoms with Crippen molar-refractivity contribution in [2.24, 2.45) is 0 Å². The van der Waals surface area contributed by atoms with Gasteiger partial charge in [0.05, 0.1) is 5.38 Å². The molecule has 1 fully saturated rings. The van der Waals surface area contributed by atoms with E-state index >= 15 is 0 Å². The third-order valence-electron chi connectivity index (χ3n) is 4.12. The summed E-state index contributed by atoms with van der Waals surface area (Å²) < 4.78 is 0. The highest BCUT2D eigenvalue weighted by atomic mass is 35.5. The first-order chi connectivity index (χ1) is 8.89. The van der Waals surface area contributed by atoms with Gasteiger partial charge in [-0.15, -0.1) is 11.6 Å². The van der Waals surface area contributed by atoms with Crippen molar-refractivity contribution in [1.29, 1.82) is 0 Å². The summed E-state index contributed by atoms with van der Waals surface area (Å²) in [4.78, 5) is 6.88. The normalized spacial score (nSPS) is 24.3. The number of aromatic nitrogens is 1. The van der Waals surface area contributed by atoms with Gasteiger partial charge in [-0.25, -0.2) is 4.98 Å². The monoisotopic (exact) mass is 280 g/mol. The number of nitrogens with zero attached hydrogens (tertiary/aromatic N) is 2. The van der Waals surface area contributed by atoms with Crippen molar-refractivity contribution in [3.05, 3.63) is 23.9 Å². The van der Waals surface area contributed by atoms with Crippen molar-refractivity contribution < 1.29 is 0 Å². The van der Waals surface area contributed by atoms with Crippen molar-refractivity contribution in [2.45, 2.75) is 63.3 Å². The summed E-state index contributed by atoms with van der Waals surface area (Å²) in [5.41, 5.74) is 1.43. The van der Waals surface area contributed by atoms with E-state index in [-0.39, 0.29) is 10.8 Å². The van der Waals surface area contributed by atoms with Crippen LogP contribution in [-0.2, 0) is 5.41 Å². The molecule has 1 aliphatic rings. The molecule has 0 amide bonds. The average molecular weight is 281 g/mol. The Kier molecular flexibility index (Phi) is 4.39. The van der Waals surface area contributed by atoms with Crippen LogP contribution < -0.4 is 4.90 Å². The van der Waals surface area contributed by atoms with Crippen LogP contribution in [0.4, 0.5) is 5.82 Å². The Labute approximate surface area is 122 Å². The first-order valence-corrected chi connectivity index (χ1v) is 7.66. The molecule has 1 aromatic rings. The lowest BCUT2D eigenvalue weighted by Gasteiger charge is -2.35. The van der Waals surface area contributed by atoms with Crippen LogP contribution in [0.3, 0.4) is 0 Å². The van der Waals surface area contributed by atoms with Gasteiger partial charge in [-0.1, -0.05) is 39.7 Å². The van der Waals surface area contributed by atoms with Crippen LogP contribution >= 0.6 is 11.6 Å². The Balaban J connectivity index is 2.13. The van der Waals surface area contributed by atoms with Gasteiger partial charge in [-0.3, -0.25) is 0 Å². The molecular weight excluding hydrogens is 256 g/mol. The van der Waals surface area contributed by atoms with Crippen LogP contribution in [0.5, 0.6) is 0 Å². The Morgan fingerprint density at radius 2 is 1.89 bits per heavy atom. The van der Waals surface area contributed by atoms with Crippen molar-refractivity contribution in [3.8, 4) is 0 Å². The zero-order valence-corrected chi connectivity index (χ0v) is 13.2. The standard InChI is InChI=1S/C16H25ClN2/c1-16(2,3)12-9-10-15(18-11-12)19(4)14-8-6-5-7-13(14)17/h9-11,13-14H,5-8H2,1-4H3. The predicted octanol–water partition coefficient (Wildman–Crippen LogP) is 4.37. The fraction of sp³-hybridized carbons (Fsp3) is 0.688. The highest BCUT2D eigenvalue weighted by Gasteiger charge is 2.27. The molecule has 2 atom stereocenters. The average Bonchev–Trinajstić information content (AvgIpc) is 2.38. The van der Waals surface area contributed by atoms with Crippen LogP contribution in [0, 0.1) is 0 Å². The highest BCUT2D eigenvalue weighted by molar-refractivity contribution is 6.21. The summed E-state index contributed by atoms with van der Waals surface area (Å²) in [6.07, 6.45) is 6.83. The van der Waals surface area contributed by atoms with Gasteiger partial charge >= 0.3 is 0 Å². The molecule has 2 nitrogen and oxygen atoms in total. The summed E-state index contributed by atoms with van der Waals surface area (Å²) in [5, 5.41) is 0.253. The number of alkyl halides is 1. The molecule has 1 heterocycles. The first kappa shape index (κ1) is 14.6. The van der Waals surface area contributed by atoms with Crippen molar-refractivity contribution in [2.75, 3.05) is 11.9 Å². The van der Waals surface area contributed by atoms with Crippen molar-refractivity contribution >= 4 is 17.4 Å². The molecule has 0 aromatic carbocycles. The lowest BCUT2D eigenvalue weighted by Crippen LogP contribution is -2.41. The van der Waals surface area contributed by atoms with Gasteiger partial charge in [-0.2, -0.15) is 0 Å². The minimum Gasteiger partial charge on any atom is -0.355 e. The number of hydrogen-bond donors (Lipinski definition) is 0. The molecule has 19 heavy (non-hydrogen) atoms. The molecule has 0 radical (unpaired) electrons. The number of anilines is 1. The van der Waals surface area contributed by atoms with Crippen LogP contribution in [0.1, 0.15) is 52.0 Å². The summed E-state index contributed by atoms with van der Waals surface area (Å²) >= 11 is 6.46. The van der Waals surface area contributed by atoms with Crippen LogP contribution in [-0.4, -0.2) is 23.5 Å². The van der Waals surface area contributed by atoms with E-state index in [0.717, 1.165) is 12.2 Å². The van der Waals surface area contributed by atoms with Crippen LogP contribution in [0.2, 0.25) is 0 Å². The van der Waals surface area contributed by atoms with Crippen LogP contribution in [0.15, 0.2) is 18.3 Å². The van der Waals surface area contributed by atoms with Crippen LogP contribution in [0.25, 0.3) is 0 Å². The molecule has 0 spiro atoms. The maximum atomic E-state index is 6.46. The van der Waals surface area contributed by atoms with E-state index in [1.165, 1.54) is 24.8 Å². The van der Waals surface area contributed by atoms with Gasteiger partial charge in [0.15, 0.2) is 0 Å². The summed E-state index contributed by atoms with van der Waals surface area (Å²) in [7, 11) is 2.12. The molecule has 106 valence electrons. The quantitative estimate of drug-likeness (QED) is 0.748. The fourth-order valence-electron chi connectivity index (χ4n) is 2.71. The van der Waals surface area contributed by atoms with Gasteiger partial charge < -0.3 is 4.90 Å². The van der Waals surface area contributed by atoms with Gasteiger partial charge in [0.2, 0.25) is 0 Å². The molecule has 2 unspecified atom stereocenters. The van der Waals surface area contributed by atoms with Crippen molar-refractivity contribution in [1.82, 2.24) is 4.98 Å². The summed E-state index contributed by atoms with van der Waals surface area (Å²) in [6, 6.07) is 4.73. The zero-order chi connectivity index (χ0) is 14.0. The molecule has 0 bridgehead atoms. The summed E-state index contributed by atoms with van der Waals surface area (Å²) in [5.74, 6) is 1.03. The molecule has 3 heteroatoms. The predicted molar refractivity (Wildman–Crippen MR) is 83.2 cm³/mol. The largest absolute Gasteiger partial charge is 0.355 e. The van der Waals surface area contributed by atoms with Gasteiger partial charge in [-0.05, 0) is 29.9 Å². The second-order valence-electron chi connectivity index (χ2n) is 6.63. The first-order valence-electron chi connectivity index (χ1n) is 7.23. The minimum atomic E-state index is 0.157. The molecular formula is C16H25ClN2. The third-order valence-corrected chi connectivity index (χ3v) is 4.63. The van der Waals surface area contributed by atoms with Gasteiger partial charge in [0.25, 0.3) is 0 Å². The molecule has 0 saturated heterocycles. The van der Waals surface area contributed by atoms with E-state index in [9.17, 15) is 0 Å². The Morgan fingerprint density at radius 1 is 1.21 bits per heavy atom. The van der Waals surface area contributed by atoms with E-state index < -0.39 is 0 Å². The SMILES string of the molecule is CN(c1ccc(C(C)(C)C)cn1)C1CCCCC1Cl. The molecule has 0 aliphatic heterocycles. The molecule has 1 saturated carbocycles. The maximum Gasteiger partial charge on any atom is 0.128 e. The number of halogens is 1. The van der Waals surface area contributed by atoms with E-state index in [4.69, 9.17) is 11.6 Å². The Bertz CT molecular complexity index is 408. The lowest BCUT2D eigenvalue weighted by atomic mass is 9.88. The Hall–Kier alpha value is -0.760. The van der Waals surface area contributed by atoms with Gasteiger partial charge in [0, 0.05) is 19.3 Å². The molecule has 1 aromatic heterocycles. The number of rotatable bonds is 2. The third kappa shape index (κ3) is 3.42. The smallest absolute Gasteiger partial charge is 0.128 e. The van der Waals surface area contributed by atoms with Gasteiger partial charge in [0.1, 0.15) is 5.82 Å². The topological polar surface area (TPSA) is 16.1 Å². The Morgan fingerprint density at radius 3 is 2.42 bits per heavy atom. The lowest BCUT2D eigenvalue weighted by molar-refractivity contribution is 0.432. The molecule has 0 N–H and O–H groups in total. The maximum absolute atomic E-state index is 6.46. The summed E-state index contributed by atoms with van der Waals surface area (Å²) in [6.45, 7) is 6.63.